The van der Waals surface area contributed by atoms with Crippen molar-refractivity contribution in [1.29, 1.82) is 0 Å². The van der Waals surface area contributed by atoms with Crippen molar-refractivity contribution in [3.8, 4) is 17.1 Å². The van der Waals surface area contributed by atoms with Crippen LogP contribution in [0.25, 0.3) is 17.0 Å². The van der Waals surface area contributed by atoms with E-state index in [0.29, 0.717) is 37.0 Å². The van der Waals surface area contributed by atoms with E-state index >= 15 is 0 Å². The molecule has 0 spiro atoms. The molecule has 1 aliphatic rings. The van der Waals surface area contributed by atoms with Gasteiger partial charge in [0, 0.05) is 31.5 Å². The van der Waals surface area contributed by atoms with E-state index < -0.39 is 6.04 Å². The monoisotopic (exact) mass is 462 g/mol. The summed E-state index contributed by atoms with van der Waals surface area (Å²) in [6.07, 6.45) is 1.67. The second-order valence-electron chi connectivity index (χ2n) is 8.13. The van der Waals surface area contributed by atoms with Crippen molar-refractivity contribution in [2.75, 3.05) is 27.4 Å². The Morgan fingerprint density at radius 1 is 1.15 bits per heavy atom. The van der Waals surface area contributed by atoms with Gasteiger partial charge in [-0.2, -0.15) is 4.98 Å². The molecule has 34 heavy (non-hydrogen) atoms. The van der Waals surface area contributed by atoms with E-state index in [0.717, 1.165) is 28.8 Å². The molecule has 1 unspecified atom stereocenters. The standard InChI is InChI=1S/C26H30N4O4/c1-5-18-10-12-19(13-11-18)24-28-25(34-29-24)22-17(2)30(14-7-15-32-3)26(31)27-23(22)20-8-6-9-21(16-20)33-4/h6,8-13,16,23H,5,7,14-15H2,1-4H3,(H,27,31). The molecule has 0 aliphatic carbocycles. The summed E-state index contributed by atoms with van der Waals surface area (Å²) < 4.78 is 16.3. The van der Waals surface area contributed by atoms with E-state index in [4.69, 9.17) is 19.0 Å². The Kier molecular flexibility index (Phi) is 7.27. The number of nitrogens with one attached hydrogen (secondary N) is 1. The van der Waals surface area contributed by atoms with Crippen LogP contribution in [0.3, 0.4) is 0 Å². The lowest BCUT2D eigenvalue weighted by molar-refractivity contribution is 0.174. The van der Waals surface area contributed by atoms with Gasteiger partial charge in [-0.25, -0.2) is 4.79 Å². The van der Waals surface area contributed by atoms with Gasteiger partial charge in [-0.1, -0.05) is 48.5 Å². The molecule has 8 heteroatoms. The van der Waals surface area contributed by atoms with Crippen LogP contribution < -0.4 is 10.1 Å². The quantitative estimate of drug-likeness (QED) is 0.458. The third-order valence-electron chi connectivity index (χ3n) is 6.03. The fourth-order valence-electron chi connectivity index (χ4n) is 4.11. The number of allylic oxidation sites excluding steroid dienone is 1. The van der Waals surface area contributed by atoms with E-state index in [1.54, 1.807) is 19.1 Å². The summed E-state index contributed by atoms with van der Waals surface area (Å²) in [5, 5.41) is 7.35. The summed E-state index contributed by atoms with van der Waals surface area (Å²) in [5.74, 6) is 1.58. The Bertz CT molecular complexity index is 1170. The van der Waals surface area contributed by atoms with Crippen molar-refractivity contribution in [1.82, 2.24) is 20.4 Å². The summed E-state index contributed by atoms with van der Waals surface area (Å²) >= 11 is 0. The van der Waals surface area contributed by atoms with Gasteiger partial charge in [0.15, 0.2) is 0 Å². The number of rotatable bonds is 9. The van der Waals surface area contributed by atoms with Gasteiger partial charge < -0.3 is 19.3 Å². The number of aromatic nitrogens is 2. The summed E-state index contributed by atoms with van der Waals surface area (Å²) in [7, 11) is 3.27. The molecule has 1 atom stereocenters. The van der Waals surface area contributed by atoms with E-state index in [9.17, 15) is 4.79 Å². The number of benzene rings is 2. The second-order valence-corrected chi connectivity index (χ2v) is 8.13. The van der Waals surface area contributed by atoms with Crippen molar-refractivity contribution in [2.45, 2.75) is 32.7 Å². The third-order valence-corrected chi connectivity index (χ3v) is 6.03. The van der Waals surface area contributed by atoms with Gasteiger partial charge in [-0.15, -0.1) is 0 Å². The average molecular weight is 463 g/mol. The molecular weight excluding hydrogens is 432 g/mol. The van der Waals surface area contributed by atoms with E-state index in [2.05, 4.69) is 29.5 Å². The number of amides is 2. The van der Waals surface area contributed by atoms with Crippen LogP contribution in [0.15, 0.2) is 58.8 Å². The topological polar surface area (TPSA) is 89.7 Å². The molecule has 0 radical (unpaired) electrons. The van der Waals surface area contributed by atoms with Gasteiger partial charge >= 0.3 is 6.03 Å². The molecule has 0 fully saturated rings. The van der Waals surface area contributed by atoms with Gasteiger partial charge in [0.1, 0.15) is 5.75 Å². The molecule has 0 bridgehead atoms. The maximum atomic E-state index is 13.0. The highest BCUT2D eigenvalue weighted by Crippen LogP contribution is 2.38. The smallest absolute Gasteiger partial charge is 0.322 e. The number of methoxy groups -OCH3 is 2. The average Bonchev–Trinajstić information content (AvgIpc) is 3.35. The first kappa shape index (κ1) is 23.5. The molecule has 2 aromatic carbocycles. The van der Waals surface area contributed by atoms with Crippen LogP contribution in [0, 0.1) is 0 Å². The number of urea groups is 1. The van der Waals surface area contributed by atoms with Crippen molar-refractivity contribution >= 4 is 11.6 Å². The molecule has 1 N–H and O–H groups in total. The highest BCUT2D eigenvalue weighted by Gasteiger charge is 2.35. The third kappa shape index (κ3) is 4.82. The number of nitrogens with zero attached hydrogens (tertiary/aromatic N) is 3. The molecule has 178 valence electrons. The van der Waals surface area contributed by atoms with Crippen LogP contribution in [0.5, 0.6) is 5.75 Å². The van der Waals surface area contributed by atoms with Crippen molar-refractivity contribution in [3.63, 3.8) is 0 Å². The fourth-order valence-corrected chi connectivity index (χ4v) is 4.11. The Balaban J connectivity index is 1.76. The number of carbonyl (C=O) groups is 1. The number of carbonyl (C=O) groups excluding carboxylic acids is 1. The van der Waals surface area contributed by atoms with Gasteiger partial charge in [-0.05, 0) is 43.0 Å². The number of ether oxygens (including phenoxy) is 2. The predicted molar refractivity (Wildman–Crippen MR) is 129 cm³/mol. The lowest BCUT2D eigenvalue weighted by Crippen LogP contribution is -2.46. The molecule has 2 amide bonds. The lowest BCUT2D eigenvalue weighted by Gasteiger charge is -2.35. The molecule has 8 nitrogen and oxygen atoms in total. The maximum absolute atomic E-state index is 13.0. The van der Waals surface area contributed by atoms with Crippen molar-refractivity contribution in [2.24, 2.45) is 0 Å². The summed E-state index contributed by atoms with van der Waals surface area (Å²) in [4.78, 5) is 19.5. The molecule has 1 aromatic heterocycles. The Hall–Kier alpha value is -3.65. The molecule has 0 saturated heterocycles. The first-order valence-electron chi connectivity index (χ1n) is 11.4. The first-order chi connectivity index (χ1) is 16.5. The van der Waals surface area contributed by atoms with Crippen LogP contribution in [-0.4, -0.2) is 48.4 Å². The van der Waals surface area contributed by atoms with Crippen LogP contribution >= 0.6 is 0 Å². The van der Waals surface area contributed by atoms with E-state index in [1.165, 1.54) is 5.56 Å². The first-order valence-corrected chi connectivity index (χ1v) is 11.4. The number of hydrogen-bond donors (Lipinski definition) is 1. The minimum absolute atomic E-state index is 0.180. The molecule has 2 heterocycles. The summed E-state index contributed by atoms with van der Waals surface area (Å²) in [6, 6.07) is 15.1. The zero-order chi connectivity index (χ0) is 24.1. The molecule has 0 saturated carbocycles. The van der Waals surface area contributed by atoms with E-state index in [1.807, 2.05) is 43.3 Å². The SMILES string of the molecule is CCc1ccc(-c2noc(C3=C(C)N(CCCOC)C(=O)NC3c3cccc(OC)c3)n2)cc1. The Labute approximate surface area is 199 Å². The maximum Gasteiger partial charge on any atom is 0.322 e. The second kappa shape index (κ2) is 10.5. The van der Waals surface area contributed by atoms with E-state index in [-0.39, 0.29) is 6.03 Å². The summed E-state index contributed by atoms with van der Waals surface area (Å²) in [6.45, 7) is 5.10. The molecule has 4 rings (SSSR count). The number of hydrogen-bond acceptors (Lipinski definition) is 6. The Morgan fingerprint density at radius 2 is 1.94 bits per heavy atom. The normalized spacial score (nSPS) is 16.1. The molecule has 3 aromatic rings. The van der Waals surface area contributed by atoms with Crippen LogP contribution in [0.2, 0.25) is 0 Å². The van der Waals surface area contributed by atoms with Gasteiger partial charge in [0.2, 0.25) is 5.82 Å². The molecule has 1 aliphatic heterocycles. The predicted octanol–water partition coefficient (Wildman–Crippen LogP) is 4.84. The zero-order valence-electron chi connectivity index (χ0n) is 20.0. The van der Waals surface area contributed by atoms with Crippen LogP contribution in [0.1, 0.15) is 43.3 Å². The van der Waals surface area contributed by atoms with Crippen LogP contribution in [-0.2, 0) is 11.2 Å². The van der Waals surface area contributed by atoms with Crippen molar-refractivity contribution < 1.29 is 18.8 Å². The van der Waals surface area contributed by atoms with Gasteiger partial charge in [-0.3, -0.25) is 4.90 Å². The fraction of sp³-hybridized carbons (Fsp3) is 0.346. The van der Waals surface area contributed by atoms with Gasteiger partial charge in [0.05, 0.1) is 18.7 Å². The Morgan fingerprint density at radius 3 is 2.65 bits per heavy atom. The zero-order valence-corrected chi connectivity index (χ0v) is 20.0. The van der Waals surface area contributed by atoms with Crippen molar-refractivity contribution in [3.05, 3.63) is 71.2 Å². The highest BCUT2D eigenvalue weighted by atomic mass is 16.5. The van der Waals surface area contributed by atoms with Gasteiger partial charge in [0.25, 0.3) is 5.89 Å². The lowest BCUT2D eigenvalue weighted by atomic mass is 9.94. The summed E-state index contributed by atoms with van der Waals surface area (Å²) in [5.41, 5.74) is 4.51. The largest absolute Gasteiger partial charge is 0.497 e. The highest BCUT2D eigenvalue weighted by molar-refractivity contribution is 5.87. The minimum atomic E-state index is -0.461. The van der Waals surface area contributed by atoms with Crippen LogP contribution in [0.4, 0.5) is 4.79 Å². The number of aryl methyl sites for hydroxylation is 1. The minimum Gasteiger partial charge on any atom is -0.497 e. The molecular formula is C26H30N4O4.